The van der Waals surface area contributed by atoms with Gasteiger partial charge in [0.1, 0.15) is 10.7 Å². The van der Waals surface area contributed by atoms with Crippen molar-refractivity contribution in [1.29, 1.82) is 0 Å². The van der Waals surface area contributed by atoms with Crippen LogP contribution in [0.4, 0.5) is 5.69 Å². The highest BCUT2D eigenvalue weighted by Crippen LogP contribution is 2.33. The molecule has 170 valence electrons. The summed E-state index contributed by atoms with van der Waals surface area (Å²) in [5.74, 6) is 1.31. The van der Waals surface area contributed by atoms with Gasteiger partial charge in [-0.1, -0.05) is 11.8 Å². The predicted molar refractivity (Wildman–Crippen MR) is 135 cm³/mol. The quantitative estimate of drug-likeness (QED) is 0.387. The fraction of sp³-hybridized carbons (Fsp3) is 0.304. The van der Waals surface area contributed by atoms with E-state index >= 15 is 0 Å². The molecule has 0 aliphatic heterocycles. The van der Waals surface area contributed by atoms with E-state index in [-0.39, 0.29) is 17.2 Å². The number of aromatic amines is 1. The van der Waals surface area contributed by atoms with Gasteiger partial charge in [-0.2, -0.15) is 0 Å². The summed E-state index contributed by atoms with van der Waals surface area (Å²) < 4.78 is 1.96. The lowest BCUT2D eigenvalue weighted by molar-refractivity contribution is -0.113. The number of nitrogens with zero attached hydrogens (tertiary/aromatic N) is 3. The Morgan fingerprint density at radius 2 is 2.06 bits per heavy atom. The van der Waals surface area contributed by atoms with E-state index in [1.54, 1.807) is 29.3 Å². The third-order valence-corrected chi connectivity index (χ3v) is 8.68. The molecule has 1 aliphatic carbocycles. The van der Waals surface area contributed by atoms with Crippen molar-refractivity contribution >= 4 is 56.7 Å². The fourth-order valence-electron chi connectivity index (χ4n) is 3.88. The van der Waals surface area contributed by atoms with Crippen molar-refractivity contribution in [2.75, 3.05) is 11.1 Å². The molecule has 1 amide bonds. The summed E-state index contributed by atoms with van der Waals surface area (Å²) >= 11 is 4.65. The van der Waals surface area contributed by atoms with E-state index < -0.39 is 0 Å². The minimum atomic E-state index is -0.0838. The van der Waals surface area contributed by atoms with Gasteiger partial charge in [0.2, 0.25) is 5.91 Å². The number of rotatable bonds is 7. The molecule has 2 N–H and O–H groups in total. The highest BCUT2D eigenvalue weighted by atomic mass is 32.2. The van der Waals surface area contributed by atoms with Crippen LogP contribution in [0, 0.1) is 0 Å². The van der Waals surface area contributed by atoms with Gasteiger partial charge in [0.05, 0.1) is 16.9 Å². The molecule has 4 aromatic rings. The predicted octanol–water partition coefficient (Wildman–Crippen LogP) is 4.62. The Morgan fingerprint density at radius 3 is 2.85 bits per heavy atom. The van der Waals surface area contributed by atoms with Crippen LogP contribution in [-0.4, -0.2) is 31.2 Å². The molecule has 7 nitrogen and oxygen atoms in total. The van der Waals surface area contributed by atoms with Crippen molar-refractivity contribution in [2.24, 2.45) is 7.05 Å². The van der Waals surface area contributed by atoms with Crippen LogP contribution in [0.3, 0.4) is 0 Å². The second-order valence-corrected chi connectivity index (χ2v) is 11.0. The van der Waals surface area contributed by atoms with Crippen molar-refractivity contribution < 1.29 is 4.79 Å². The van der Waals surface area contributed by atoms with Crippen LogP contribution in [0.15, 0.2) is 51.5 Å². The number of hydrogen-bond donors (Lipinski definition) is 2. The summed E-state index contributed by atoms with van der Waals surface area (Å²) in [6.45, 7) is 0. The van der Waals surface area contributed by atoms with Gasteiger partial charge < -0.3 is 14.9 Å². The van der Waals surface area contributed by atoms with Gasteiger partial charge in [-0.3, -0.25) is 9.59 Å². The summed E-state index contributed by atoms with van der Waals surface area (Å²) in [5, 5.41) is 4.60. The van der Waals surface area contributed by atoms with Crippen LogP contribution in [0.2, 0.25) is 0 Å². The first-order chi connectivity index (χ1) is 16.1. The molecule has 3 aromatic heterocycles. The Labute approximate surface area is 203 Å². The highest BCUT2D eigenvalue weighted by Gasteiger charge is 2.19. The molecule has 0 saturated carbocycles. The number of aromatic nitrogens is 4. The average Bonchev–Trinajstić information content (AvgIpc) is 3.38. The third-order valence-electron chi connectivity index (χ3n) is 5.47. The Balaban J connectivity index is 1.15. The maximum absolute atomic E-state index is 12.6. The third kappa shape index (κ3) is 5.02. The lowest BCUT2D eigenvalue weighted by atomic mass is 9.97. The number of amides is 1. The number of benzene rings is 1. The van der Waals surface area contributed by atoms with Crippen LogP contribution < -0.4 is 10.9 Å². The van der Waals surface area contributed by atoms with E-state index in [2.05, 4.69) is 20.3 Å². The minimum Gasteiger partial charge on any atom is -0.329 e. The zero-order valence-electron chi connectivity index (χ0n) is 18.1. The molecular weight excluding hydrogens is 474 g/mol. The largest absolute Gasteiger partial charge is 0.329 e. The molecule has 0 atom stereocenters. The number of nitrogens with one attached hydrogen (secondary N) is 2. The van der Waals surface area contributed by atoms with Crippen LogP contribution in [0.25, 0.3) is 10.2 Å². The van der Waals surface area contributed by atoms with Gasteiger partial charge >= 0.3 is 0 Å². The summed E-state index contributed by atoms with van der Waals surface area (Å²) in [7, 11) is 1.96. The van der Waals surface area contributed by atoms with Crippen molar-refractivity contribution in [3.8, 4) is 0 Å². The summed E-state index contributed by atoms with van der Waals surface area (Å²) in [6, 6.07) is 7.71. The molecule has 1 aromatic carbocycles. The van der Waals surface area contributed by atoms with Gasteiger partial charge in [-0.05, 0) is 55.5 Å². The van der Waals surface area contributed by atoms with E-state index in [1.165, 1.54) is 28.6 Å². The Kier molecular flexibility index (Phi) is 6.57. The summed E-state index contributed by atoms with van der Waals surface area (Å²) in [5.41, 5.74) is 1.89. The Hall–Kier alpha value is -2.56. The number of carbonyl (C=O) groups excluding carboxylic acids is 1. The molecule has 0 fully saturated rings. The normalized spacial score (nSPS) is 13.2. The number of thiophene rings is 1. The molecule has 1 aliphatic rings. The zero-order valence-corrected chi connectivity index (χ0v) is 20.5. The van der Waals surface area contributed by atoms with Gasteiger partial charge in [0.25, 0.3) is 5.56 Å². The van der Waals surface area contributed by atoms with Crippen molar-refractivity contribution in [2.45, 2.75) is 41.5 Å². The molecule has 5 rings (SSSR count). The second-order valence-electron chi connectivity index (χ2n) is 7.89. The molecule has 33 heavy (non-hydrogen) atoms. The average molecular weight is 498 g/mol. The van der Waals surface area contributed by atoms with Gasteiger partial charge in [0.15, 0.2) is 5.16 Å². The topological polar surface area (TPSA) is 92.7 Å². The first-order valence-electron chi connectivity index (χ1n) is 10.7. The second kappa shape index (κ2) is 9.74. The monoisotopic (exact) mass is 497 g/mol. The Bertz CT molecular complexity index is 1360. The van der Waals surface area contributed by atoms with Gasteiger partial charge in [0, 0.05) is 34.9 Å². The Morgan fingerprint density at radius 1 is 1.24 bits per heavy atom. The van der Waals surface area contributed by atoms with Crippen LogP contribution in [-0.2, 0) is 30.4 Å². The smallest absolute Gasteiger partial charge is 0.259 e. The van der Waals surface area contributed by atoms with E-state index in [0.717, 1.165) is 45.2 Å². The molecule has 0 spiro atoms. The summed E-state index contributed by atoms with van der Waals surface area (Å²) in [4.78, 5) is 40.1. The lowest BCUT2D eigenvalue weighted by Crippen LogP contribution is -2.15. The molecule has 0 saturated heterocycles. The van der Waals surface area contributed by atoms with E-state index in [1.807, 2.05) is 42.1 Å². The first-order valence-corrected chi connectivity index (χ1v) is 13.5. The molecule has 0 radical (unpaired) electrons. The number of carbonyl (C=O) groups is 1. The number of aryl methyl sites for hydroxylation is 3. The fourth-order valence-corrected chi connectivity index (χ4v) is 6.65. The first kappa shape index (κ1) is 22.2. The SMILES string of the molecule is Cn1ccnc1Sc1ccc(NC(=O)CSCc2nc3sc4c(c3c(=O)[nH]2)CCCC4)cc1. The summed E-state index contributed by atoms with van der Waals surface area (Å²) in [6.07, 6.45) is 8.01. The standard InChI is InChI=1S/C23H23N5O2S3/c1-28-11-10-24-23(28)32-15-8-6-14(7-9-15)25-19(29)13-31-12-18-26-21(30)20-16-4-2-3-5-17(16)33-22(20)27-18/h6-11H,2-5,12-13H2,1H3,(H,25,29)(H,26,27,30). The molecule has 10 heteroatoms. The van der Waals surface area contributed by atoms with Gasteiger partial charge in [-0.15, -0.1) is 23.1 Å². The van der Waals surface area contributed by atoms with E-state index in [9.17, 15) is 9.59 Å². The van der Waals surface area contributed by atoms with Gasteiger partial charge in [-0.25, -0.2) is 9.97 Å². The molecule has 3 heterocycles. The van der Waals surface area contributed by atoms with Crippen molar-refractivity contribution in [1.82, 2.24) is 19.5 Å². The molecule has 0 unspecified atom stereocenters. The van der Waals surface area contributed by atoms with Crippen LogP contribution in [0.1, 0.15) is 29.1 Å². The van der Waals surface area contributed by atoms with Crippen LogP contribution in [0.5, 0.6) is 0 Å². The molecule has 0 bridgehead atoms. The van der Waals surface area contributed by atoms with E-state index in [4.69, 9.17) is 0 Å². The number of hydrogen-bond acceptors (Lipinski definition) is 7. The van der Waals surface area contributed by atoms with Crippen molar-refractivity contribution in [3.63, 3.8) is 0 Å². The molecular formula is C23H23N5O2S3. The maximum atomic E-state index is 12.6. The minimum absolute atomic E-state index is 0.0528. The maximum Gasteiger partial charge on any atom is 0.259 e. The number of anilines is 1. The number of fused-ring (bicyclic) bond motifs is 3. The highest BCUT2D eigenvalue weighted by molar-refractivity contribution is 7.99. The zero-order chi connectivity index (χ0) is 22.8. The number of imidazole rings is 1. The van der Waals surface area contributed by atoms with E-state index in [0.29, 0.717) is 11.6 Å². The lowest BCUT2D eigenvalue weighted by Gasteiger charge is -2.09. The van der Waals surface area contributed by atoms with Crippen molar-refractivity contribution in [3.05, 3.63) is 63.3 Å². The number of H-pyrrole nitrogens is 1. The van der Waals surface area contributed by atoms with Crippen LogP contribution >= 0.6 is 34.9 Å². The number of thioether (sulfide) groups is 1.